The van der Waals surface area contributed by atoms with E-state index in [4.69, 9.17) is 0 Å². The van der Waals surface area contributed by atoms with Crippen molar-refractivity contribution in [3.63, 3.8) is 0 Å². The van der Waals surface area contributed by atoms with Crippen molar-refractivity contribution in [3.8, 4) is 0 Å². The van der Waals surface area contributed by atoms with Gasteiger partial charge in [-0.1, -0.05) is 13.0 Å². The average molecular weight is 255 g/mol. The van der Waals surface area contributed by atoms with E-state index in [0.717, 1.165) is 36.8 Å². The lowest BCUT2D eigenvalue weighted by molar-refractivity contribution is 0.635. The van der Waals surface area contributed by atoms with Gasteiger partial charge in [0.25, 0.3) is 0 Å². The largest absolute Gasteiger partial charge is 0.328 e. The van der Waals surface area contributed by atoms with Crippen LogP contribution < -0.4 is 5.32 Å². The molecule has 19 heavy (non-hydrogen) atoms. The molecular formula is C14H17N5. The van der Waals surface area contributed by atoms with Crippen molar-refractivity contribution in [1.29, 1.82) is 0 Å². The summed E-state index contributed by atoms with van der Waals surface area (Å²) >= 11 is 0. The lowest BCUT2D eigenvalue weighted by atomic mass is 10.4. The van der Waals surface area contributed by atoms with Crippen LogP contribution in [0.2, 0.25) is 0 Å². The molecule has 3 aromatic rings. The smallest absolute Gasteiger partial charge is 0.137 e. The summed E-state index contributed by atoms with van der Waals surface area (Å²) in [5.74, 6) is 1.04. The van der Waals surface area contributed by atoms with E-state index in [9.17, 15) is 0 Å². The first-order valence-corrected chi connectivity index (χ1v) is 6.50. The number of pyridine rings is 1. The first-order chi connectivity index (χ1) is 9.36. The second-order valence-corrected chi connectivity index (χ2v) is 4.45. The fourth-order valence-electron chi connectivity index (χ4n) is 2.13. The summed E-state index contributed by atoms with van der Waals surface area (Å²) in [6, 6.07) is 6.02. The Morgan fingerprint density at radius 2 is 2.21 bits per heavy atom. The van der Waals surface area contributed by atoms with E-state index in [1.807, 2.05) is 41.2 Å². The Morgan fingerprint density at radius 3 is 3.05 bits per heavy atom. The van der Waals surface area contributed by atoms with Gasteiger partial charge in [0.05, 0.1) is 18.8 Å². The maximum atomic E-state index is 4.60. The van der Waals surface area contributed by atoms with Gasteiger partial charge >= 0.3 is 0 Å². The molecular weight excluding hydrogens is 238 g/mol. The van der Waals surface area contributed by atoms with Crippen LogP contribution in [-0.2, 0) is 13.1 Å². The molecule has 0 bridgehead atoms. The number of aromatic nitrogens is 4. The molecule has 0 saturated heterocycles. The summed E-state index contributed by atoms with van der Waals surface area (Å²) < 4.78 is 4.17. The molecule has 0 fully saturated rings. The maximum absolute atomic E-state index is 4.60. The molecule has 0 unspecified atom stereocenters. The Balaban J connectivity index is 1.82. The highest BCUT2D eigenvalue weighted by Crippen LogP contribution is 2.08. The van der Waals surface area contributed by atoms with E-state index >= 15 is 0 Å². The highest BCUT2D eigenvalue weighted by atomic mass is 15.1. The molecule has 0 aromatic carbocycles. The molecule has 0 saturated carbocycles. The van der Waals surface area contributed by atoms with Crippen LogP contribution in [0.3, 0.4) is 0 Å². The maximum Gasteiger partial charge on any atom is 0.137 e. The third-order valence-electron chi connectivity index (χ3n) is 3.08. The van der Waals surface area contributed by atoms with Gasteiger partial charge in [-0.15, -0.1) is 0 Å². The Bertz CT molecular complexity index is 634. The summed E-state index contributed by atoms with van der Waals surface area (Å²) in [6.45, 7) is 4.58. The molecule has 98 valence electrons. The molecule has 3 rings (SSSR count). The minimum Gasteiger partial charge on any atom is -0.328 e. The van der Waals surface area contributed by atoms with Gasteiger partial charge in [-0.2, -0.15) is 0 Å². The number of fused-ring (bicyclic) bond motifs is 1. The standard InChI is InChI=1S/C14H17N5/c1-2-15-9-14-16-6-8-19(14)11-12-10-18-7-4-3-5-13(18)17-12/h3-8,10,15H,2,9,11H2,1H3. The summed E-state index contributed by atoms with van der Waals surface area (Å²) in [7, 11) is 0. The van der Waals surface area contributed by atoms with Crippen molar-refractivity contribution in [2.45, 2.75) is 20.0 Å². The van der Waals surface area contributed by atoms with Gasteiger partial charge in [-0.3, -0.25) is 0 Å². The Morgan fingerprint density at radius 1 is 1.26 bits per heavy atom. The van der Waals surface area contributed by atoms with Gasteiger partial charge < -0.3 is 14.3 Å². The van der Waals surface area contributed by atoms with Crippen LogP contribution in [0.25, 0.3) is 5.65 Å². The quantitative estimate of drug-likeness (QED) is 0.754. The van der Waals surface area contributed by atoms with E-state index in [2.05, 4.69) is 33.0 Å². The highest BCUT2D eigenvalue weighted by Gasteiger charge is 2.05. The zero-order valence-corrected chi connectivity index (χ0v) is 11.0. The molecule has 0 atom stereocenters. The number of hydrogen-bond acceptors (Lipinski definition) is 3. The van der Waals surface area contributed by atoms with Gasteiger partial charge in [0.2, 0.25) is 0 Å². The highest BCUT2D eigenvalue weighted by molar-refractivity contribution is 5.39. The van der Waals surface area contributed by atoms with Crippen LogP contribution in [0, 0.1) is 0 Å². The van der Waals surface area contributed by atoms with E-state index in [1.165, 1.54) is 0 Å². The predicted octanol–water partition coefficient (Wildman–Crippen LogP) is 1.69. The SMILES string of the molecule is CCNCc1nccn1Cc1cn2ccccc2n1. The zero-order chi connectivity index (χ0) is 13.1. The third kappa shape index (κ3) is 2.51. The Hall–Kier alpha value is -2.14. The van der Waals surface area contributed by atoms with Crippen molar-refractivity contribution in [2.24, 2.45) is 0 Å². The third-order valence-corrected chi connectivity index (χ3v) is 3.08. The summed E-state index contributed by atoms with van der Waals surface area (Å²) in [5.41, 5.74) is 2.02. The fourth-order valence-corrected chi connectivity index (χ4v) is 2.13. The molecule has 0 aliphatic rings. The number of imidazole rings is 2. The van der Waals surface area contributed by atoms with Crippen molar-refractivity contribution in [1.82, 2.24) is 24.3 Å². The summed E-state index contributed by atoms with van der Waals surface area (Å²) in [5, 5.41) is 3.29. The van der Waals surface area contributed by atoms with Gasteiger partial charge in [-0.25, -0.2) is 9.97 Å². The minimum atomic E-state index is 0.752. The molecule has 0 aliphatic carbocycles. The summed E-state index contributed by atoms with van der Waals surface area (Å²) in [6.07, 6.45) is 7.91. The Kier molecular flexibility index (Phi) is 3.29. The molecule has 3 heterocycles. The first-order valence-electron chi connectivity index (χ1n) is 6.50. The van der Waals surface area contributed by atoms with Gasteiger partial charge in [-0.05, 0) is 18.7 Å². The molecule has 0 radical (unpaired) electrons. The minimum absolute atomic E-state index is 0.752. The van der Waals surface area contributed by atoms with Crippen LogP contribution in [0.4, 0.5) is 0 Å². The molecule has 5 nitrogen and oxygen atoms in total. The van der Waals surface area contributed by atoms with Gasteiger partial charge in [0.15, 0.2) is 0 Å². The van der Waals surface area contributed by atoms with Crippen LogP contribution in [0.1, 0.15) is 18.4 Å². The van der Waals surface area contributed by atoms with Crippen molar-refractivity contribution in [2.75, 3.05) is 6.54 Å². The van der Waals surface area contributed by atoms with Crippen molar-refractivity contribution in [3.05, 3.63) is 54.5 Å². The molecule has 0 amide bonds. The van der Waals surface area contributed by atoms with E-state index in [1.54, 1.807) is 0 Å². The van der Waals surface area contributed by atoms with Gasteiger partial charge in [0.1, 0.15) is 11.5 Å². The average Bonchev–Trinajstić information content (AvgIpc) is 3.02. The number of nitrogens with zero attached hydrogens (tertiary/aromatic N) is 4. The molecule has 3 aromatic heterocycles. The number of nitrogens with one attached hydrogen (secondary N) is 1. The molecule has 0 spiro atoms. The second kappa shape index (κ2) is 5.24. The molecule has 0 aliphatic heterocycles. The van der Waals surface area contributed by atoms with Crippen LogP contribution in [-0.4, -0.2) is 25.5 Å². The molecule has 5 heteroatoms. The second-order valence-electron chi connectivity index (χ2n) is 4.45. The van der Waals surface area contributed by atoms with Crippen molar-refractivity contribution >= 4 is 5.65 Å². The molecule has 1 N–H and O–H groups in total. The van der Waals surface area contributed by atoms with E-state index in [-0.39, 0.29) is 0 Å². The van der Waals surface area contributed by atoms with Crippen LogP contribution in [0.15, 0.2) is 43.0 Å². The monoisotopic (exact) mass is 255 g/mol. The summed E-state index contributed by atoms with van der Waals surface area (Å²) in [4.78, 5) is 8.97. The predicted molar refractivity (Wildman–Crippen MR) is 73.9 cm³/mol. The van der Waals surface area contributed by atoms with Gasteiger partial charge in [0, 0.05) is 24.8 Å². The van der Waals surface area contributed by atoms with Crippen molar-refractivity contribution < 1.29 is 0 Å². The zero-order valence-electron chi connectivity index (χ0n) is 11.0. The van der Waals surface area contributed by atoms with E-state index in [0.29, 0.717) is 0 Å². The fraction of sp³-hybridized carbons (Fsp3) is 0.286. The topological polar surface area (TPSA) is 47.2 Å². The van der Waals surface area contributed by atoms with Crippen LogP contribution in [0.5, 0.6) is 0 Å². The lowest BCUT2D eigenvalue weighted by Crippen LogP contribution is -2.16. The van der Waals surface area contributed by atoms with Crippen LogP contribution >= 0.6 is 0 Å². The number of hydrogen-bond donors (Lipinski definition) is 1. The van der Waals surface area contributed by atoms with E-state index < -0.39 is 0 Å². The Labute approximate surface area is 111 Å². The first kappa shape index (κ1) is 11.9. The lowest BCUT2D eigenvalue weighted by Gasteiger charge is -2.05. The normalized spacial score (nSPS) is 11.2. The number of rotatable bonds is 5.